The van der Waals surface area contributed by atoms with Crippen molar-refractivity contribution in [3.63, 3.8) is 0 Å². The Hall–Kier alpha value is -4.75. The van der Waals surface area contributed by atoms with E-state index in [1.807, 2.05) is 60.7 Å². The zero-order chi connectivity index (χ0) is 31.6. The lowest BCUT2D eigenvalue weighted by Gasteiger charge is -2.22. The number of benzene rings is 4. The third-order valence-electron chi connectivity index (χ3n) is 8.31. The van der Waals surface area contributed by atoms with Crippen LogP contribution in [0.5, 0.6) is 0 Å². The van der Waals surface area contributed by atoms with Gasteiger partial charge in [0.05, 0.1) is 0 Å². The Morgan fingerprint density at radius 3 is 1.56 bits per heavy atom. The van der Waals surface area contributed by atoms with Gasteiger partial charge in [-0.05, 0) is 52.6 Å². The summed E-state index contributed by atoms with van der Waals surface area (Å²) in [5.41, 5.74) is 6.92. The van der Waals surface area contributed by atoms with Crippen molar-refractivity contribution in [2.75, 3.05) is 0 Å². The molecule has 3 atom stereocenters. The molecule has 45 heavy (non-hydrogen) atoms. The molecule has 0 saturated carbocycles. The fourth-order valence-corrected chi connectivity index (χ4v) is 5.97. The predicted octanol–water partition coefficient (Wildman–Crippen LogP) is 4.36. The number of hydrogen-bond donors (Lipinski definition) is 1. The van der Waals surface area contributed by atoms with Crippen LogP contribution in [0.3, 0.4) is 0 Å². The Morgan fingerprint density at radius 1 is 0.622 bits per heavy atom. The van der Waals surface area contributed by atoms with Crippen molar-refractivity contribution in [2.24, 2.45) is 0 Å². The summed E-state index contributed by atoms with van der Waals surface area (Å²) in [6.07, 6.45) is 3.34. The van der Waals surface area contributed by atoms with E-state index < -0.39 is 12.0 Å². The smallest absolute Gasteiger partial charge is 0.331 e. The quantitative estimate of drug-likeness (QED) is 0.217. The second kappa shape index (κ2) is 15.3. The zero-order valence-corrected chi connectivity index (χ0v) is 24.9. The highest BCUT2D eigenvalue weighted by molar-refractivity contribution is 6.66. The lowest BCUT2D eigenvalue weighted by molar-refractivity contribution is -0.131. The monoisotopic (exact) mass is 596 g/mol. The first kappa shape index (κ1) is 31.7. The number of aliphatic hydroxyl groups is 1. The van der Waals surface area contributed by atoms with E-state index in [9.17, 15) is 24.3 Å². The van der Waals surface area contributed by atoms with Crippen molar-refractivity contribution in [2.45, 2.75) is 50.3 Å². The first-order chi connectivity index (χ1) is 22.0. The predicted molar refractivity (Wildman–Crippen MR) is 177 cm³/mol. The first-order valence-electron chi connectivity index (χ1n) is 15.1. The average Bonchev–Trinajstić information content (AvgIpc) is 3.55. The fourth-order valence-electron chi connectivity index (χ4n) is 5.97. The number of aliphatic hydroxyl groups excluding tert-OH is 1. The number of rotatable bonds is 10. The third kappa shape index (κ3) is 8.05. The highest BCUT2D eigenvalue weighted by Gasteiger charge is 2.38. The lowest BCUT2D eigenvalue weighted by atomic mass is 9.91. The van der Waals surface area contributed by atoms with Gasteiger partial charge in [-0.1, -0.05) is 109 Å². The van der Waals surface area contributed by atoms with E-state index >= 15 is 0 Å². The van der Waals surface area contributed by atoms with Gasteiger partial charge in [-0.15, -0.1) is 0 Å². The fraction of sp³-hybridized carbons (Fsp3) is 0.222. The van der Waals surface area contributed by atoms with Crippen LogP contribution < -0.4 is 0 Å². The molecule has 9 heteroatoms. The van der Waals surface area contributed by atoms with Gasteiger partial charge in [0.1, 0.15) is 18.5 Å². The zero-order valence-electron chi connectivity index (χ0n) is 24.9. The molecule has 2 aliphatic heterocycles. The molecule has 7 nitrogen and oxygen atoms in total. The van der Waals surface area contributed by atoms with Crippen molar-refractivity contribution in [3.8, 4) is 22.3 Å². The third-order valence-corrected chi connectivity index (χ3v) is 8.31. The van der Waals surface area contributed by atoms with E-state index in [2.05, 4.69) is 48.5 Å². The minimum atomic E-state index is -1.01. The van der Waals surface area contributed by atoms with Crippen molar-refractivity contribution in [1.82, 2.24) is 9.62 Å². The van der Waals surface area contributed by atoms with Gasteiger partial charge in [0.2, 0.25) is 11.8 Å². The van der Waals surface area contributed by atoms with Crippen LogP contribution >= 0.6 is 0 Å². The van der Waals surface area contributed by atoms with Crippen LogP contribution in [-0.2, 0) is 32.0 Å². The minimum Gasteiger partial charge on any atom is -0.383 e. The molecule has 4 aromatic carbocycles. The van der Waals surface area contributed by atoms with Crippen LogP contribution in [0, 0.1) is 0 Å². The van der Waals surface area contributed by atoms with Gasteiger partial charge in [-0.25, -0.2) is 0 Å². The first-order valence-corrected chi connectivity index (χ1v) is 15.1. The Bertz CT molecular complexity index is 1580. The summed E-state index contributed by atoms with van der Waals surface area (Å²) in [6, 6.07) is 36.8. The molecule has 0 spiro atoms. The van der Waals surface area contributed by atoms with Crippen LogP contribution in [0.1, 0.15) is 30.4 Å². The van der Waals surface area contributed by atoms with Gasteiger partial charge in [0.25, 0.3) is 0 Å². The maximum absolute atomic E-state index is 11.8. The lowest BCUT2D eigenvalue weighted by Crippen LogP contribution is -2.39. The van der Waals surface area contributed by atoms with Crippen molar-refractivity contribution in [3.05, 3.63) is 120 Å². The van der Waals surface area contributed by atoms with Crippen LogP contribution in [0.15, 0.2) is 109 Å². The van der Waals surface area contributed by atoms with Crippen LogP contribution in [0.25, 0.3) is 22.3 Å². The SMILES string of the molecule is O=C[B]N1C(=O)C(O)C[C@H]1Cc1ccc(-c2ccccc2)cc1.O=C[B]N1C(=O)CC[C@H]1Cc1ccc(-c2ccccc2)cc1. The molecule has 224 valence electrons. The molecule has 0 bridgehead atoms. The summed E-state index contributed by atoms with van der Waals surface area (Å²) in [7, 11) is 2.57. The molecule has 2 aliphatic rings. The van der Waals surface area contributed by atoms with E-state index in [1.165, 1.54) is 36.3 Å². The summed E-state index contributed by atoms with van der Waals surface area (Å²) in [5, 5.41) is 9.71. The molecule has 2 heterocycles. The molecule has 2 amide bonds. The molecule has 1 N–H and O–H groups in total. The normalized spacial score (nSPS) is 19.1. The van der Waals surface area contributed by atoms with Crippen molar-refractivity contribution < 1.29 is 24.3 Å². The van der Waals surface area contributed by atoms with Crippen molar-refractivity contribution >= 4 is 39.0 Å². The standard InChI is InChI=1S/C18H17BNO3.C18H17BNO2/c21-12-19-20-16(11-17(22)18(20)23)10-13-6-8-15(9-7-13)14-4-2-1-3-5-14;21-13-19-20-17(10-11-18(20)22)12-14-6-8-16(9-7-14)15-4-2-1-3-5-15/h1-9,12,16-17,22H,10-11H2;1-9,13,17H,10-12H2/t16-,17?;17-/m10/s1. The summed E-state index contributed by atoms with van der Waals surface area (Å²) in [5.74, 6) is -0.360. The van der Waals surface area contributed by atoms with Gasteiger partial charge in [-0.3, -0.25) is 9.59 Å². The number of hydrogen-bond acceptors (Lipinski definition) is 5. The van der Waals surface area contributed by atoms with Crippen molar-refractivity contribution in [1.29, 1.82) is 0 Å². The highest BCUT2D eigenvalue weighted by atomic mass is 16.3. The molecule has 2 saturated heterocycles. The van der Waals surface area contributed by atoms with Gasteiger partial charge in [-0.2, -0.15) is 0 Å². The van der Waals surface area contributed by atoms with Crippen LogP contribution in [-0.4, -0.2) is 71.9 Å². The highest BCUT2D eigenvalue weighted by Crippen LogP contribution is 2.25. The average molecular weight is 596 g/mol. The molecule has 1 unspecified atom stereocenters. The second-order valence-electron chi connectivity index (χ2n) is 11.2. The number of carbonyl (C=O) groups excluding carboxylic acids is 4. The van der Waals surface area contributed by atoms with E-state index in [0.29, 0.717) is 31.6 Å². The Kier molecular flexibility index (Phi) is 10.8. The van der Waals surface area contributed by atoms with Gasteiger partial charge < -0.3 is 24.3 Å². The maximum atomic E-state index is 11.8. The summed E-state index contributed by atoms with van der Waals surface area (Å²) < 4.78 is 0. The van der Waals surface area contributed by atoms with E-state index in [0.717, 1.165) is 29.5 Å². The Morgan fingerprint density at radius 2 is 1.07 bits per heavy atom. The number of amides is 2. The molecule has 0 aliphatic carbocycles. The number of carbonyl (C=O) groups is 4. The largest absolute Gasteiger partial charge is 0.383 e. The molecular formula is C36H34B2N2O5. The second-order valence-corrected chi connectivity index (χ2v) is 11.2. The number of nitrogens with zero attached hydrogens (tertiary/aromatic N) is 2. The minimum absolute atomic E-state index is 0.0398. The Labute approximate surface area is 265 Å². The van der Waals surface area contributed by atoms with Gasteiger partial charge in [0, 0.05) is 24.9 Å². The molecule has 0 aromatic heterocycles. The topological polar surface area (TPSA) is 95.0 Å². The molecule has 2 radical (unpaired) electrons. The Balaban J connectivity index is 0.000000178. The van der Waals surface area contributed by atoms with E-state index in [1.54, 1.807) is 4.81 Å². The summed E-state index contributed by atoms with van der Waals surface area (Å²) in [6.45, 7) is 0. The summed E-state index contributed by atoms with van der Waals surface area (Å²) >= 11 is 0. The molecular weight excluding hydrogens is 562 g/mol. The van der Waals surface area contributed by atoms with Gasteiger partial charge >= 0.3 is 14.8 Å². The maximum Gasteiger partial charge on any atom is 0.331 e. The molecule has 2 fully saturated rings. The molecule has 6 rings (SSSR count). The van der Waals surface area contributed by atoms with Gasteiger partial charge in [0.15, 0.2) is 0 Å². The molecule has 4 aromatic rings. The van der Waals surface area contributed by atoms with E-state index in [4.69, 9.17) is 0 Å². The van der Waals surface area contributed by atoms with Crippen LogP contribution in [0.4, 0.5) is 0 Å². The van der Waals surface area contributed by atoms with Crippen LogP contribution in [0.2, 0.25) is 0 Å². The summed E-state index contributed by atoms with van der Waals surface area (Å²) in [4.78, 5) is 47.8. The van der Waals surface area contributed by atoms with E-state index in [-0.39, 0.29) is 18.0 Å².